The van der Waals surface area contributed by atoms with Crippen LogP contribution in [-0.4, -0.2) is 43.0 Å². The molecule has 0 aliphatic carbocycles. The first kappa shape index (κ1) is 13.1. The van der Waals surface area contributed by atoms with Gasteiger partial charge in [-0.05, 0) is 50.7 Å². The molecule has 2 rings (SSSR count). The van der Waals surface area contributed by atoms with Gasteiger partial charge in [0.25, 0.3) is 0 Å². The van der Waals surface area contributed by atoms with E-state index in [1.807, 2.05) is 0 Å². The fraction of sp³-hybridized carbons (Fsp3) is 0.571. The number of nitrogens with zero attached hydrogens (tertiary/aromatic N) is 2. The van der Waals surface area contributed by atoms with Crippen molar-refractivity contribution in [1.29, 1.82) is 0 Å². The monoisotopic (exact) mass is 296 g/mol. The van der Waals surface area contributed by atoms with Crippen LogP contribution in [0.5, 0.6) is 0 Å². The smallest absolute Gasteiger partial charge is 0.0234 e. The summed E-state index contributed by atoms with van der Waals surface area (Å²) in [6, 6.07) is 6.68. The van der Waals surface area contributed by atoms with Crippen molar-refractivity contribution in [2.45, 2.75) is 19.9 Å². The predicted molar refractivity (Wildman–Crippen MR) is 76.3 cm³/mol. The topological polar surface area (TPSA) is 6.48 Å². The SMILES string of the molecule is Cc1cc(CN2CCCN(C)CC2)ccc1Br. The van der Waals surface area contributed by atoms with Crippen molar-refractivity contribution in [2.75, 3.05) is 33.2 Å². The van der Waals surface area contributed by atoms with Gasteiger partial charge in [0.05, 0.1) is 0 Å². The molecule has 0 atom stereocenters. The van der Waals surface area contributed by atoms with Crippen LogP contribution in [0.1, 0.15) is 17.5 Å². The molecule has 94 valence electrons. The molecular weight excluding hydrogens is 276 g/mol. The average molecular weight is 297 g/mol. The highest BCUT2D eigenvalue weighted by molar-refractivity contribution is 9.10. The van der Waals surface area contributed by atoms with E-state index in [1.165, 1.54) is 48.2 Å². The van der Waals surface area contributed by atoms with Gasteiger partial charge in [-0.25, -0.2) is 0 Å². The number of hydrogen-bond acceptors (Lipinski definition) is 2. The predicted octanol–water partition coefficient (Wildman–Crippen LogP) is 2.90. The molecule has 0 spiro atoms. The van der Waals surface area contributed by atoms with Gasteiger partial charge < -0.3 is 4.90 Å². The lowest BCUT2D eigenvalue weighted by atomic mass is 10.1. The molecule has 0 radical (unpaired) electrons. The second kappa shape index (κ2) is 5.98. The highest BCUT2D eigenvalue weighted by Gasteiger charge is 2.12. The van der Waals surface area contributed by atoms with Gasteiger partial charge in [0.1, 0.15) is 0 Å². The van der Waals surface area contributed by atoms with Crippen LogP contribution in [0.25, 0.3) is 0 Å². The molecule has 1 fully saturated rings. The highest BCUT2D eigenvalue weighted by Crippen LogP contribution is 2.18. The summed E-state index contributed by atoms with van der Waals surface area (Å²) >= 11 is 3.55. The van der Waals surface area contributed by atoms with Crippen LogP contribution in [0, 0.1) is 6.92 Å². The third-order valence-electron chi connectivity index (χ3n) is 3.44. The molecule has 1 aromatic rings. The van der Waals surface area contributed by atoms with Gasteiger partial charge in [0.2, 0.25) is 0 Å². The van der Waals surface area contributed by atoms with Crippen LogP contribution >= 0.6 is 15.9 Å². The second-order valence-electron chi connectivity index (χ2n) is 5.02. The summed E-state index contributed by atoms with van der Waals surface area (Å²) in [6.45, 7) is 8.07. The Labute approximate surface area is 113 Å². The zero-order valence-corrected chi connectivity index (χ0v) is 12.3. The molecule has 1 aliphatic rings. The van der Waals surface area contributed by atoms with Gasteiger partial charge in [-0.3, -0.25) is 4.90 Å². The molecule has 0 aromatic heterocycles. The molecule has 0 bridgehead atoms. The normalized spacial score (nSPS) is 19.2. The Hall–Kier alpha value is -0.380. The second-order valence-corrected chi connectivity index (χ2v) is 5.87. The summed E-state index contributed by atoms with van der Waals surface area (Å²) < 4.78 is 1.21. The van der Waals surface area contributed by atoms with Crippen LogP contribution in [0.4, 0.5) is 0 Å². The van der Waals surface area contributed by atoms with Gasteiger partial charge in [-0.15, -0.1) is 0 Å². The molecule has 2 nitrogen and oxygen atoms in total. The minimum atomic E-state index is 1.09. The minimum Gasteiger partial charge on any atom is -0.305 e. The lowest BCUT2D eigenvalue weighted by Crippen LogP contribution is -2.28. The first-order chi connectivity index (χ1) is 8.15. The molecular formula is C14H21BrN2. The quantitative estimate of drug-likeness (QED) is 0.828. The summed E-state index contributed by atoms with van der Waals surface area (Å²) in [6.07, 6.45) is 1.28. The van der Waals surface area contributed by atoms with Gasteiger partial charge in [-0.2, -0.15) is 0 Å². The number of hydrogen-bond donors (Lipinski definition) is 0. The maximum absolute atomic E-state index is 3.55. The number of rotatable bonds is 2. The molecule has 1 heterocycles. The van der Waals surface area contributed by atoms with E-state index < -0.39 is 0 Å². The first-order valence-electron chi connectivity index (χ1n) is 6.31. The Kier molecular flexibility index (Phi) is 4.60. The van der Waals surface area contributed by atoms with Crippen molar-refractivity contribution in [3.05, 3.63) is 33.8 Å². The summed E-state index contributed by atoms with van der Waals surface area (Å²) in [5, 5.41) is 0. The summed E-state index contributed by atoms with van der Waals surface area (Å²) in [5.41, 5.74) is 2.75. The summed E-state index contributed by atoms with van der Waals surface area (Å²) in [7, 11) is 2.22. The molecule has 1 aromatic carbocycles. The summed E-state index contributed by atoms with van der Waals surface area (Å²) in [4.78, 5) is 4.99. The van der Waals surface area contributed by atoms with E-state index >= 15 is 0 Å². The van der Waals surface area contributed by atoms with Gasteiger partial charge in [0, 0.05) is 24.1 Å². The van der Waals surface area contributed by atoms with Crippen LogP contribution in [0.2, 0.25) is 0 Å². The van der Waals surface area contributed by atoms with E-state index in [2.05, 4.69) is 57.9 Å². The fourth-order valence-corrected chi connectivity index (χ4v) is 2.57. The average Bonchev–Trinajstić information content (AvgIpc) is 2.49. The van der Waals surface area contributed by atoms with Crippen molar-refractivity contribution in [3.63, 3.8) is 0 Å². The van der Waals surface area contributed by atoms with Crippen LogP contribution in [-0.2, 0) is 6.54 Å². The molecule has 0 amide bonds. The van der Waals surface area contributed by atoms with Crippen molar-refractivity contribution < 1.29 is 0 Å². The lowest BCUT2D eigenvalue weighted by Gasteiger charge is -2.20. The molecule has 17 heavy (non-hydrogen) atoms. The van der Waals surface area contributed by atoms with E-state index in [1.54, 1.807) is 0 Å². The maximum atomic E-state index is 3.55. The largest absolute Gasteiger partial charge is 0.305 e. The number of benzene rings is 1. The molecule has 0 N–H and O–H groups in total. The third kappa shape index (κ3) is 3.80. The van der Waals surface area contributed by atoms with E-state index in [-0.39, 0.29) is 0 Å². The minimum absolute atomic E-state index is 1.09. The molecule has 1 saturated heterocycles. The van der Waals surface area contributed by atoms with Crippen LogP contribution < -0.4 is 0 Å². The fourth-order valence-electron chi connectivity index (χ4n) is 2.32. The Morgan fingerprint density at radius 1 is 1.18 bits per heavy atom. The standard InChI is InChI=1S/C14H21BrN2/c1-12-10-13(4-5-14(12)15)11-17-7-3-6-16(2)8-9-17/h4-5,10H,3,6-9,11H2,1-2H3. The Balaban J connectivity index is 1.97. The maximum Gasteiger partial charge on any atom is 0.0234 e. The van der Waals surface area contributed by atoms with E-state index in [0.717, 1.165) is 6.54 Å². The van der Waals surface area contributed by atoms with Gasteiger partial charge in [-0.1, -0.05) is 28.1 Å². The Morgan fingerprint density at radius 3 is 2.76 bits per heavy atom. The first-order valence-corrected chi connectivity index (χ1v) is 7.10. The van der Waals surface area contributed by atoms with Gasteiger partial charge >= 0.3 is 0 Å². The number of halogens is 1. The Bertz CT molecular complexity index is 378. The van der Waals surface area contributed by atoms with Crippen molar-refractivity contribution in [2.24, 2.45) is 0 Å². The summed E-state index contributed by atoms with van der Waals surface area (Å²) in [5.74, 6) is 0. The van der Waals surface area contributed by atoms with Crippen LogP contribution in [0.15, 0.2) is 22.7 Å². The van der Waals surface area contributed by atoms with E-state index in [9.17, 15) is 0 Å². The zero-order valence-electron chi connectivity index (χ0n) is 10.7. The highest BCUT2D eigenvalue weighted by atomic mass is 79.9. The van der Waals surface area contributed by atoms with Gasteiger partial charge in [0.15, 0.2) is 0 Å². The van der Waals surface area contributed by atoms with E-state index in [4.69, 9.17) is 0 Å². The molecule has 0 unspecified atom stereocenters. The Morgan fingerprint density at radius 2 is 2.00 bits per heavy atom. The van der Waals surface area contributed by atoms with Crippen molar-refractivity contribution >= 4 is 15.9 Å². The zero-order chi connectivity index (χ0) is 12.3. The van der Waals surface area contributed by atoms with Crippen molar-refractivity contribution in [3.8, 4) is 0 Å². The number of aryl methyl sites for hydroxylation is 1. The molecule has 0 saturated carbocycles. The number of likely N-dealkylation sites (N-methyl/N-ethyl adjacent to an activating group) is 1. The third-order valence-corrected chi connectivity index (χ3v) is 4.33. The van der Waals surface area contributed by atoms with E-state index in [0.29, 0.717) is 0 Å². The van der Waals surface area contributed by atoms with Crippen LogP contribution in [0.3, 0.4) is 0 Å². The molecule has 1 aliphatic heterocycles. The van der Waals surface area contributed by atoms with Crippen molar-refractivity contribution in [1.82, 2.24) is 9.80 Å². The molecule has 3 heteroatoms. The lowest BCUT2D eigenvalue weighted by molar-refractivity contribution is 0.269.